The number of hydrogen-bond donors (Lipinski definition) is 0. The van der Waals surface area contributed by atoms with Crippen LogP contribution in [0.5, 0.6) is 0 Å². The first kappa shape index (κ1) is 28.1. The molecule has 6 heteroatoms. The Morgan fingerprint density at radius 3 is 2.21 bits per heavy atom. The summed E-state index contributed by atoms with van der Waals surface area (Å²) in [7, 11) is 0. The number of rotatable bonds is 10. The zero-order valence-corrected chi connectivity index (χ0v) is 23.4. The molecule has 0 amide bonds. The molecule has 2 heterocycles. The smallest absolute Gasteiger partial charge is 0.143 e. The van der Waals surface area contributed by atoms with Crippen LogP contribution in [0.15, 0.2) is 66.9 Å². The highest BCUT2D eigenvalue weighted by atomic mass is 19.1. The fourth-order valence-corrected chi connectivity index (χ4v) is 4.51. The Morgan fingerprint density at radius 2 is 1.56 bits per heavy atom. The van der Waals surface area contributed by atoms with E-state index in [1.54, 1.807) is 19.2 Å². The Kier molecular flexibility index (Phi) is 8.54. The molecule has 202 valence electrons. The lowest BCUT2D eigenvalue weighted by Crippen LogP contribution is -2.13. The molecule has 0 unspecified atom stereocenters. The quantitative estimate of drug-likeness (QED) is 0.244. The number of ketones is 2. The van der Waals surface area contributed by atoms with E-state index in [2.05, 4.69) is 25.8 Å². The van der Waals surface area contributed by atoms with Crippen molar-refractivity contribution in [2.24, 2.45) is 0 Å². The van der Waals surface area contributed by atoms with Crippen molar-refractivity contribution in [1.82, 2.24) is 14.8 Å². The van der Waals surface area contributed by atoms with Crippen LogP contribution in [0, 0.1) is 12.7 Å². The number of pyridine rings is 1. The molecule has 39 heavy (non-hydrogen) atoms. The fourth-order valence-electron chi connectivity index (χ4n) is 4.51. The third kappa shape index (κ3) is 7.56. The summed E-state index contributed by atoms with van der Waals surface area (Å²) >= 11 is 0. The summed E-state index contributed by atoms with van der Waals surface area (Å²) < 4.78 is 16.8. The number of aromatic nitrogens is 3. The van der Waals surface area contributed by atoms with E-state index in [0.29, 0.717) is 24.8 Å². The van der Waals surface area contributed by atoms with Gasteiger partial charge in [0.05, 0.1) is 17.1 Å². The van der Waals surface area contributed by atoms with Crippen LogP contribution in [0.3, 0.4) is 0 Å². The molecule has 0 N–H and O–H groups in total. The third-order valence-corrected chi connectivity index (χ3v) is 6.73. The number of hydrogen-bond acceptors (Lipinski definition) is 4. The maximum atomic E-state index is 15.0. The summed E-state index contributed by atoms with van der Waals surface area (Å²) in [6, 6.07) is 19.0. The molecule has 0 aliphatic carbocycles. The van der Waals surface area contributed by atoms with Gasteiger partial charge in [-0.3, -0.25) is 14.6 Å². The summed E-state index contributed by atoms with van der Waals surface area (Å²) in [5.41, 5.74) is 6.65. The van der Waals surface area contributed by atoms with Gasteiger partial charge in [0.15, 0.2) is 0 Å². The molecule has 4 aromatic rings. The second-order valence-corrected chi connectivity index (χ2v) is 11.4. The zero-order valence-electron chi connectivity index (χ0n) is 23.4. The van der Waals surface area contributed by atoms with E-state index in [0.717, 1.165) is 39.5 Å². The average Bonchev–Trinajstić information content (AvgIpc) is 3.29. The van der Waals surface area contributed by atoms with Gasteiger partial charge >= 0.3 is 0 Å². The lowest BCUT2D eigenvalue weighted by atomic mass is 9.92. The van der Waals surface area contributed by atoms with Crippen molar-refractivity contribution < 1.29 is 14.0 Å². The van der Waals surface area contributed by atoms with E-state index < -0.39 is 0 Å². The Morgan fingerprint density at radius 1 is 0.872 bits per heavy atom. The first-order chi connectivity index (χ1) is 18.5. The van der Waals surface area contributed by atoms with Crippen molar-refractivity contribution in [3.05, 3.63) is 112 Å². The molecule has 0 spiro atoms. The molecule has 0 aliphatic heterocycles. The van der Waals surface area contributed by atoms with E-state index >= 15 is 4.39 Å². The van der Waals surface area contributed by atoms with Crippen molar-refractivity contribution in [3.8, 4) is 5.69 Å². The van der Waals surface area contributed by atoms with Gasteiger partial charge in [-0.25, -0.2) is 9.07 Å². The minimum Gasteiger partial charge on any atom is -0.300 e. The van der Waals surface area contributed by atoms with Crippen LogP contribution in [0.25, 0.3) is 5.69 Å². The van der Waals surface area contributed by atoms with Crippen LogP contribution in [0.1, 0.15) is 67.0 Å². The lowest BCUT2D eigenvalue weighted by molar-refractivity contribution is -0.118. The lowest BCUT2D eigenvalue weighted by Gasteiger charge is -2.14. The summed E-state index contributed by atoms with van der Waals surface area (Å²) in [5.74, 6) is -0.360. The molecule has 2 aromatic carbocycles. The van der Waals surface area contributed by atoms with Gasteiger partial charge in [0, 0.05) is 36.6 Å². The summed E-state index contributed by atoms with van der Waals surface area (Å²) in [4.78, 5) is 28.7. The summed E-state index contributed by atoms with van der Waals surface area (Å²) in [5, 5.41) is 4.81. The molecule has 0 saturated carbocycles. The Bertz CT molecular complexity index is 1480. The van der Waals surface area contributed by atoms with Gasteiger partial charge in [0.1, 0.15) is 17.4 Å². The largest absolute Gasteiger partial charge is 0.300 e. The SMILES string of the molecule is CC(=O)Cc1cc(CCc2ccc(CC(=O)Cc3cc(C(C)(C)C)nn3-c3ccc(C)cc3)c(F)c2)ccn1. The number of halogens is 1. The minimum atomic E-state index is -0.365. The summed E-state index contributed by atoms with van der Waals surface area (Å²) in [6.45, 7) is 9.86. The Labute approximate surface area is 230 Å². The number of benzene rings is 2. The van der Waals surface area contributed by atoms with Crippen molar-refractivity contribution in [3.63, 3.8) is 0 Å². The molecule has 0 bridgehead atoms. The highest BCUT2D eigenvalue weighted by molar-refractivity contribution is 5.83. The molecule has 0 aliphatic rings. The molecule has 0 fully saturated rings. The topological polar surface area (TPSA) is 64.8 Å². The van der Waals surface area contributed by atoms with Gasteiger partial charge in [-0.05, 0) is 79.8 Å². The fraction of sp³-hybridized carbons (Fsp3) is 0.333. The zero-order chi connectivity index (χ0) is 28.2. The van der Waals surface area contributed by atoms with E-state index in [1.807, 2.05) is 60.1 Å². The maximum absolute atomic E-state index is 15.0. The maximum Gasteiger partial charge on any atom is 0.143 e. The first-order valence-corrected chi connectivity index (χ1v) is 13.4. The van der Waals surface area contributed by atoms with Crippen LogP contribution in [0.2, 0.25) is 0 Å². The Balaban J connectivity index is 1.44. The van der Waals surface area contributed by atoms with Gasteiger partial charge in [-0.2, -0.15) is 5.10 Å². The van der Waals surface area contributed by atoms with Crippen molar-refractivity contribution in [1.29, 1.82) is 0 Å². The second kappa shape index (κ2) is 11.9. The average molecular weight is 526 g/mol. The van der Waals surface area contributed by atoms with Crippen molar-refractivity contribution in [2.75, 3.05) is 0 Å². The highest BCUT2D eigenvalue weighted by Crippen LogP contribution is 2.25. The van der Waals surface area contributed by atoms with Crippen LogP contribution < -0.4 is 0 Å². The molecule has 5 nitrogen and oxygen atoms in total. The molecular weight excluding hydrogens is 489 g/mol. The predicted octanol–water partition coefficient (Wildman–Crippen LogP) is 6.28. The summed E-state index contributed by atoms with van der Waals surface area (Å²) in [6.07, 6.45) is 3.58. The van der Waals surface area contributed by atoms with Crippen molar-refractivity contribution >= 4 is 11.6 Å². The van der Waals surface area contributed by atoms with E-state index in [1.165, 1.54) is 6.07 Å². The molecule has 4 rings (SSSR count). The van der Waals surface area contributed by atoms with Gasteiger partial charge in [-0.15, -0.1) is 0 Å². The molecule has 0 radical (unpaired) electrons. The highest BCUT2D eigenvalue weighted by Gasteiger charge is 2.22. The number of carbonyl (C=O) groups is 2. The van der Waals surface area contributed by atoms with Gasteiger partial charge in [0.2, 0.25) is 0 Å². The molecule has 2 aromatic heterocycles. The van der Waals surface area contributed by atoms with E-state index in [-0.39, 0.29) is 35.6 Å². The van der Waals surface area contributed by atoms with Crippen LogP contribution in [-0.2, 0) is 47.1 Å². The van der Waals surface area contributed by atoms with Crippen molar-refractivity contribution in [2.45, 2.75) is 72.1 Å². The molecule has 0 saturated heterocycles. The van der Waals surface area contributed by atoms with Gasteiger partial charge in [-0.1, -0.05) is 50.6 Å². The Hall–Kier alpha value is -3.93. The van der Waals surface area contributed by atoms with Crippen LogP contribution >= 0.6 is 0 Å². The van der Waals surface area contributed by atoms with Gasteiger partial charge < -0.3 is 0 Å². The van der Waals surface area contributed by atoms with E-state index in [4.69, 9.17) is 5.10 Å². The number of Topliss-reactive ketones (excluding diaryl/α,β-unsaturated/α-hetero) is 2. The second-order valence-electron chi connectivity index (χ2n) is 11.4. The molecular formula is C33H36FN3O2. The molecule has 0 atom stereocenters. The predicted molar refractivity (Wildman–Crippen MR) is 152 cm³/mol. The number of aryl methyl sites for hydroxylation is 3. The normalized spacial score (nSPS) is 11.5. The van der Waals surface area contributed by atoms with Crippen LogP contribution in [0.4, 0.5) is 4.39 Å². The first-order valence-electron chi connectivity index (χ1n) is 13.4. The third-order valence-electron chi connectivity index (χ3n) is 6.73. The minimum absolute atomic E-state index is 0.0226. The van der Waals surface area contributed by atoms with Gasteiger partial charge in [0.25, 0.3) is 0 Å². The number of nitrogens with zero attached hydrogens (tertiary/aromatic N) is 3. The van der Waals surface area contributed by atoms with E-state index in [9.17, 15) is 9.59 Å². The number of carbonyl (C=O) groups excluding carboxylic acids is 2. The monoisotopic (exact) mass is 525 g/mol. The standard InChI is InChI=1S/C33H36FN3O2/c1-22-6-12-28(13-7-22)37-29(21-32(36-37)33(3,4)5)20-30(39)19-26-11-10-24(18-31(26)34)8-9-25-14-15-35-27(17-25)16-23(2)38/h6-7,10-15,17-18,21H,8-9,16,19-20H2,1-5H3. The van der Waals surface area contributed by atoms with Crippen LogP contribution in [-0.4, -0.2) is 26.3 Å².